The van der Waals surface area contributed by atoms with Gasteiger partial charge < -0.3 is 15.1 Å². The average molecular weight is 443 g/mol. The van der Waals surface area contributed by atoms with Crippen LogP contribution in [0.1, 0.15) is 28.8 Å². The second-order valence-corrected chi connectivity index (χ2v) is 10.3. The van der Waals surface area contributed by atoms with Crippen LogP contribution in [0.3, 0.4) is 0 Å². The number of likely N-dealkylation sites (N-methyl/N-ethyl adjacent to an activating group) is 1. The van der Waals surface area contributed by atoms with Gasteiger partial charge in [-0.2, -0.15) is 4.31 Å². The van der Waals surface area contributed by atoms with E-state index < -0.39 is 10.0 Å². The lowest BCUT2D eigenvalue weighted by Gasteiger charge is -2.31. The molecule has 0 aromatic heterocycles. The first-order chi connectivity index (χ1) is 14.8. The molecule has 8 heteroatoms. The van der Waals surface area contributed by atoms with Crippen molar-refractivity contribution in [2.45, 2.75) is 24.7 Å². The summed E-state index contributed by atoms with van der Waals surface area (Å²) in [6.45, 7) is 6.27. The highest BCUT2D eigenvalue weighted by molar-refractivity contribution is 7.89. The molecule has 2 aliphatic rings. The van der Waals surface area contributed by atoms with E-state index in [2.05, 4.69) is 15.1 Å². The fourth-order valence-corrected chi connectivity index (χ4v) is 5.56. The van der Waals surface area contributed by atoms with Crippen molar-refractivity contribution in [3.8, 4) is 0 Å². The first-order valence-electron chi connectivity index (χ1n) is 10.8. The maximum Gasteiger partial charge on any atom is 0.255 e. The highest BCUT2D eigenvalue weighted by Crippen LogP contribution is 2.24. The van der Waals surface area contributed by atoms with Gasteiger partial charge in [-0.05, 0) is 68.8 Å². The Hall–Kier alpha value is -2.42. The van der Waals surface area contributed by atoms with Crippen molar-refractivity contribution in [2.75, 3.05) is 56.5 Å². The quantitative estimate of drug-likeness (QED) is 0.771. The van der Waals surface area contributed by atoms with Gasteiger partial charge in [0.2, 0.25) is 10.0 Å². The largest absolute Gasteiger partial charge is 0.372 e. The van der Waals surface area contributed by atoms with Crippen molar-refractivity contribution in [2.24, 2.45) is 0 Å². The Kier molecular flexibility index (Phi) is 6.31. The Morgan fingerprint density at radius 3 is 2.19 bits per heavy atom. The van der Waals surface area contributed by atoms with Gasteiger partial charge in [-0.3, -0.25) is 4.79 Å². The third-order valence-corrected chi connectivity index (χ3v) is 8.04. The third-order valence-electron chi connectivity index (χ3n) is 6.15. The summed E-state index contributed by atoms with van der Waals surface area (Å²) in [5, 5.41) is 2.91. The van der Waals surface area contributed by atoms with Gasteiger partial charge in [0, 0.05) is 56.2 Å². The Balaban J connectivity index is 1.50. The summed E-state index contributed by atoms with van der Waals surface area (Å²) in [5.74, 6) is -0.304. The van der Waals surface area contributed by atoms with Crippen LogP contribution in [0.5, 0.6) is 0 Å². The molecule has 0 atom stereocenters. The van der Waals surface area contributed by atoms with Crippen molar-refractivity contribution in [1.82, 2.24) is 9.21 Å². The molecule has 2 aliphatic heterocycles. The molecule has 0 bridgehead atoms. The van der Waals surface area contributed by atoms with E-state index in [0.717, 1.165) is 24.3 Å². The van der Waals surface area contributed by atoms with Crippen LogP contribution in [0.4, 0.5) is 11.4 Å². The van der Waals surface area contributed by atoms with E-state index in [1.165, 1.54) is 23.2 Å². The third kappa shape index (κ3) is 4.76. The summed E-state index contributed by atoms with van der Waals surface area (Å²) in [4.78, 5) is 17.5. The molecular weight excluding hydrogens is 412 g/mol. The van der Waals surface area contributed by atoms with Gasteiger partial charge in [-0.1, -0.05) is 6.07 Å². The predicted molar refractivity (Wildman–Crippen MR) is 123 cm³/mol. The molecule has 166 valence electrons. The number of sulfonamides is 1. The summed E-state index contributed by atoms with van der Waals surface area (Å²) in [7, 11) is -1.64. The molecule has 0 radical (unpaired) electrons. The van der Waals surface area contributed by atoms with Gasteiger partial charge in [-0.25, -0.2) is 8.42 Å². The Bertz CT molecular complexity index is 1040. The highest BCUT2D eigenvalue weighted by atomic mass is 32.2. The molecule has 31 heavy (non-hydrogen) atoms. The molecule has 0 aliphatic carbocycles. The number of anilines is 2. The average Bonchev–Trinajstić information content (AvgIpc) is 3.29. The van der Waals surface area contributed by atoms with Gasteiger partial charge in [-0.15, -0.1) is 0 Å². The van der Waals surface area contributed by atoms with Crippen LogP contribution in [0.2, 0.25) is 0 Å². The minimum absolute atomic E-state index is 0.164. The number of hydrogen-bond acceptors (Lipinski definition) is 5. The number of aryl methyl sites for hydroxylation is 1. The van der Waals surface area contributed by atoms with Gasteiger partial charge in [0.1, 0.15) is 0 Å². The van der Waals surface area contributed by atoms with Gasteiger partial charge >= 0.3 is 0 Å². The van der Waals surface area contributed by atoms with Crippen LogP contribution < -0.4 is 10.2 Å². The number of hydrogen-bond donors (Lipinski definition) is 1. The zero-order valence-electron chi connectivity index (χ0n) is 18.2. The molecule has 2 aromatic rings. The number of amides is 1. The lowest BCUT2D eigenvalue weighted by atomic mass is 10.1. The number of piperazine rings is 1. The van der Waals surface area contributed by atoms with E-state index in [9.17, 15) is 13.2 Å². The minimum atomic E-state index is -3.63. The maximum absolute atomic E-state index is 13.1. The van der Waals surface area contributed by atoms with Gasteiger partial charge in [0.15, 0.2) is 0 Å². The second kappa shape index (κ2) is 8.98. The monoisotopic (exact) mass is 442 g/mol. The topological polar surface area (TPSA) is 73.0 Å². The molecule has 4 rings (SSSR count). The van der Waals surface area contributed by atoms with E-state index in [1.807, 2.05) is 38.2 Å². The smallest absolute Gasteiger partial charge is 0.255 e. The molecular formula is C23H30N4O3S. The molecule has 1 amide bonds. The zero-order chi connectivity index (χ0) is 22.0. The summed E-state index contributed by atoms with van der Waals surface area (Å²) in [6.07, 6.45) is 2.43. The highest BCUT2D eigenvalue weighted by Gasteiger charge is 2.28. The van der Waals surface area contributed by atoms with E-state index >= 15 is 0 Å². The Morgan fingerprint density at radius 2 is 1.55 bits per heavy atom. The number of rotatable bonds is 5. The van der Waals surface area contributed by atoms with Crippen LogP contribution in [-0.4, -0.2) is 69.8 Å². The molecule has 1 N–H and O–H groups in total. The van der Waals surface area contributed by atoms with Crippen LogP contribution in [0.25, 0.3) is 0 Å². The lowest BCUT2D eigenvalue weighted by Crippen LogP contribution is -2.47. The van der Waals surface area contributed by atoms with Crippen molar-refractivity contribution < 1.29 is 13.2 Å². The molecule has 0 spiro atoms. The molecule has 7 nitrogen and oxygen atoms in total. The summed E-state index contributed by atoms with van der Waals surface area (Å²) < 4.78 is 27.6. The number of benzene rings is 2. The number of carbonyl (C=O) groups excluding carboxylic acids is 1. The normalized spacial score (nSPS) is 18.3. The first-order valence-corrected chi connectivity index (χ1v) is 12.2. The van der Waals surface area contributed by atoms with E-state index in [-0.39, 0.29) is 10.8 Å². The van der Waals surface area contributed by atoms with Crippen LogP contribution in [0.15, 0.2) is 47.4 Å². The van der Waals surface area contributed by atoms with Gasteiger partial charge in [0.05, 0.1) is 4.90 Å². The minimum Gasteiger partial charge on any atom is -0.372 e. The fraction of sp³-hybridized carbons (Fsp3) is 0.435. The Labute approximate surface area is 184 Å². The lowest BCUT2D eigenvalue weighted by molar-refractivity contribution is 0.102. The Morgan fingerprint density at radius 1 is 0.903 bits per heavy atom. The predicted octanol–water partition coefficient (Wildman–Crippen LogP) is 2.78. The molecule has 2 saturated heterocycles. The second-order valence-electron chi connectivity index (χ2n) is 8.38. The van der Waals surface area contributed by atoms with Crippen LogP contribution in [-0.2, 0) is 10.0 Å². The summed E-state index contributed by atoms with van der Waals surface area (Å²) in [6, 6.07) is 12.6. The molecule has 2 fully saturated rings. The molecule has 0 saturated carbocycles. The van der Waals surface area contributed by atoms with E-state index in [0.29, 0.717) is 37.4 Å². The fourth-order valence-electron chi connectivity index (χ4n) is 4.11. The number of nitrogens with one attached hydrogen (secondary N) is 1. The summed E-state index contributed by atoms with van der Waals surface area (Å²) >= 11 is 0. The number of nitrogens with zero attached hydrogens (tertiary/aromatic N) is 3. The van der Waals surface area contributed by atoms with Crippen molar-refractivity contribution in [3.63, 3.8) is 0 Å². The van der Waals surface area contributed by atoms with Crippen molar-refractivity contribution in [1.29, 1.82) is 0 Å². The van der Waals surface area contributed by atoms with E-state index in [1.54, 1.807) is 12.1 Å². The molecule has 0 unspecified atom stereocenters. The van der Waals surface area contributed by atoms with Gasteiger partial charge in [0.25, 0.3) is 5.91 Å². The maximum atomic E-state index is 13.1. The zero-order valence-corrected chi connectivity index (χ0v) is 19.0. The standard InChI is InChI=1S/C23H30N4O3S/c1-18-5-10-21(31(29,30)27-15-13-25(2)14-16-27)17-22(18)23(28)24-19-6-8-20(9-7-19)26-11-3-4-12-26/h5-10,17H,3-4,11-16H2,1-2H3,(H,24,28). The number of carbonyl (C=O) groups is 1. The SMILES string of the molecule is Cc1ccc(S(=O)(=O)N2CCN(C)CC2)cc1C(=O)Nc1ccc(N2CCCC2)cc1. The van der Waals surface area contributed by atoms with Crippen LogP contribution in [0, 0.1) is 6.92 Å². The summed E-state index contributed by atoms with van der Waals surface area (Å²) in [5.41, 5.74) is 2.97. The first kappa shape index (κ1) is 21.8. The molecule has 2 aromatic carbocycles. The van der Waals surface area contributed by atoms with Crippen LogP contribution >= 0.6 is 0 Å². The van der Waals surface area contributed by atoms with Crippen molar-refractivity contribution in [3.05, 3.63) is 53.6 Å². The van der Waals surface area contributed by atoms with Crippen molar-refractivity contribution >= 4 is 27.3 Å². The van der Waals surface area contributed by atoms with E-state index in [4.69, 9.17) is 0 Å². The molecule has 2 heterocycles.